The van der Waals surface area contributed by atoms with Crippen molar-refractivity contribution in [2.75, 3.05) is 18.1 Å². The maximum absolute atomic E-state index is 12.4. The van der Waals surface area contributed by atoms with Crippen LogP contribution < -0.4 is 5.32 Å². The Bertz CT molecular complexity index is 316. The van der Waals surface area contributed by atoms with E-state index in [2.05, 4.69) is 12.2 Å². The maximum Gasteiger partial charge on any atom is 0.246 e. The quantitative estimate of drug-likeness (QED) is 0.815. The summed E-state index contributed by atoms with van der Waals surface area (Å²) in [6.07, 6.45) is 1.93. The van der Waals surface area contributed by atoms with Crippen LogP contribution in [0.15, 0.2) is 0 Å². The zero-order valence-corrected chi connectivity index (χ0v) is 11.3. The summed E-state index contributed by atoms with van der Waals surface area (Å²) in [4.78, 5) is 25.9. The van der Waals surface area contributed by atoms with Crippen molar-refractivity contribution in [3.8, 4) is 0 Å². The van der Waals surface area contributed by atoms with E-state index in [1.54, 1.807) is 4.90 Å². The largest absolute Gasteiger partial charge is 0.342 e. The van der Waals surface area contributed by atoms with Crippen molar-refractivity contribution in [2.24, 2.45) is 5.92 Å². The molecule has 3 atom stereocenters. The van der Waals surface area contributed by atoms with Crippen molar-refractivity contribution in [3.05, 3.63) is 0 Å². The summed E-state index contributed by atoms with van der Waals surface area (Å²) in [6.45, 7) is 4.32. The van der Waals surface area contributed by atoms with Crippen molar-refractivity contribution in [2.45, 2.75) is 38.8 Å². The Morgan fingerprint density at radius 3 is 2.88 bits per heavy atom. The van der Waals surface area contributed by atoms with Crippen LogP contribution in [0.1, 0.15) is 26.7 Å². The van der Waals surface area contributed by atoms with E-state index in [0.29, 0.717) is 0 Å². The first-order valence-corrected chi connectivity index (χ1v) is 7.46. The Morgan fingerprint density at radius 2 is 2.29 bits per heavy atom. The molecule has 2 saturated heterocycles. The van der Waals surface area contributed by atoms with Crippen LogP contribution in [0.3, 0.4) is 0 Å². The molecule has 0 bridgehead atoms. The van der Waals surface area contributed by atoms with E-state index in [0.717, 1.165) is 24.3 Å². The van der Waals surface area contributed by atoms with Crippen LogP contribution in [-0.4, -0.2) is 46.8 Å². The van der Waals surface area contributed by atoms with Gasteiger partial charge < -0.3 is 10.2 Å². The summed E-state index contributed by atoms with van der Waals surface area (Å²) >= 11 is 1.87. The third-order valence-corrected chi connectivity index (χ3v) is 4.88. The normalized spacial score (nSPS) is 31.5. The molecule has 2 aliphatic heterocycles. The van der Waals surface area contributed by atoms with Crippen molar-refractivity contribution < 1.29 is 9.59 Å². The summed E-state index contributed by atoms with van der Waals surface area (Å²) < 4.78 is 0. The molecule has 0 aliphatic carbocycles. The number of nitrogens with one attached hydrogen (secondary N) is 1. The lowest BCUT2D eigenvalue weighted by atomic mass is 9.95. The number of hydrogen-bond donors (Lipinski definition) is 1. The molecule has 4 nitrogen and oxygen atoms in total. The summed E-state index contributed by atoms with van der Waals surface area (Å²) in [5, 5.41) is 2.83. The highest BCUT2D eigenvalue weighted by molar-refractivity contribution is 7.99. The Morgan fingerprint density at radius 1 is 1.53 bits per heavy atom. The van der Waals surface area contributed by atoms with E-state index < -0.39 is 0 Å². The van der Waals surface area contributed by atoms with E-state index in [-0.39, 0.29) is 36.4 Å². The van der Waals surface area contributed by atoms with Crippen LogP contribution in [0.25, 0.3) is 0 Å². The molecular formula is C12H20N2O2S. The first kappa shape index (κ1) is 12.7. The zero-order valence-electron chi connectivity index (χ0n) is 10.4. The molecule has 96 valence electrons. The summed E-state index contributed by atoms with van der Waals surface area (Å²) in [7, 11) is 0. The number of hydrogen-bond acceptors (Lipinski definition) is 3. The molecule has 17 heavy (non-hydrogen) atoms. The smallest absolute Gasteiger partial charge is 0.246 e. The maximum atomic E-state index is 12.4. The second-order valence-electron chi connectivity index (χ2n) is 4.91. The average Bonchev–Trinajstić information content (AvgIpc) is 2.84. The molecule has 2 rings (SSSR count). The van der Waals surface area contributed by atoms with Crippen molar-refractivity contribution in [1.82, 2.24) is 10.2 Å². The fraction of sp³-hybridized carbons (Fsp3) is 0.833. The minimum absolute atomic E-state index is 0.00759. The van der Waals surface area contributed by atoms with Crippen molar-refractivity contribution in [1.29, 1.82) is 0 Å². The third-order valence-electron chi connectivity index (χ3n) is 3.74. The molecule has 2 fully saturated rings. The number of piperazine rings is 1. The fourth-order valence-electron chi connectivity index (χ4n) is 2.39. The third kappa shape index (κ3) is 2.59. The standard InChI is InChI=1S/C12H20N2O2S/c1-3-8(2)11-12(16)14(6-10(15)13-11)9-4-5-17-7-9/h8-9,11H,3-7H2,1-2H3,(H,13,15). The molecule has 5 heteroatoms. The lowest BCUT2D eigenvalue weighted by Crippen LogP contribution is -2.62. The van der Waals surface area contributed by atoms with Crippen molar-refractivity contribution >= 4 is 23.6 Å². The van der Waals surface area contributed by atoms with Gasteiger partial charge in [-0.2, -0.15) is 11.8 Å². The van der Waals surface area contributed by atoms with Crippen LogP contribution in [-0.2, 0) is 9.59 Å². The van der Waals surface area contributed by atoms with Gasteiger partial charge in [0.15, 0.2) is 0 Å². The number of carbonyl (C=O) groups excluding carboxylic acids is 2. The molecule has 0 aromatic rings. The van der Waals surface area contributed by atoms with Gasteiger partial charge in [0.1, 0.15) is 6.04 Å². The van der Waals surface area contributed by atoms with Gasteiger partial charge in [-0.25, -0.2) is 0 Å². The van der Waals surface area contributed by atoms with Gasteiger partial charge in [0.25, 0.3) is 0 Å². The van der Waals surface area contributed by atoms with E-state index in [4.69, 9.17) is 0 Å². The van der Waals surface area contributed by atoms with Crippen LogP contribution in [0.4, 0.5) is 0 Å². The molecular weight excluding hydrogens is 236 g/mol. The monoisotopic (exact) mass is 256 g/mol. The van der Waals surface area contributed by atoms with Gasteiger partial charge in [0, 0.05) is 11.8 Å². The molecule has 1 N–H and O–H groups in total. The molecule has 0 radical (unpaired) electrons. The van der Waals surface area contributed by atoms with Gasteiger partial charge in [0.2, 0.25) is 11.8 Å². The van der Waals surface area contributed by atoms with Crippen LogP contribution in [0.2, 0.25) is 0 Å². The van der Waals surface area contributed by atoms with Gasteiger partial charge in [-0.1, -0.05) is 20.3 Å². The number of amides is 2. The highest BCUT2D eigenvalue weighted by atomic mass is 32.2. The number of rotatable bonds is 3. The molecule has 2 heterocycles. The van der Waals surface area contributed by atoms with Gasteiger partial charge in [-0.05, 0) is 18.1 Å². The van der Waals surface area contributed by atoms with Crippen LogP contribution in [0, 0.1) is 5.92 Å². The first-order chi connectivity index (χ1) is 8.13. The predicted octanol–water partition coefficient (Wildman–Crippen LogP) is 0.865. The Hall–Kier alpha value is -0.710. The average molecular weight is 256 g/mol. The predicted molar refractivity (Wildman–Crippen MR) is 68.8 cm³/mol. The second-order valence-corrected chi connectivity index (χ2v) is 6.06. The van der Waals surface area contributed by atoms with E-state index >= 15 is 0 Å². The highest BCUT2D eigenvalue weighted by Crippen LogP contribution is 2.25. The minimum atomic E-state index is -0.313. The van der Waals surface area contributed by atoms with Gasteiger partial charge >= 0.3 is 0 Å². The summed E-state index contributed by atoms with van der Waals surface area (Å²) in [5.41, 5.74) is 0. The van der Waals surface area contributed by atoms with Crippen LogP contribution >= 0.6 is 11.8 Å². The molecule has 2 aliphatic rings. The van der Waals surface area contributed by atoms with Gasteiger partial charge in [0.05, 0.1) is 6.54 Å². The SMILES string of the molecule is CCC(C)C1NC(=O)CN(C2CCSC2)C1=O. The lowest BCUT2D eigenvalue weighted by Gasteiger charge is -2.38. The van der Waals surface area contributed by atoms with E-state index in [1.165, 1.54) is 0 Å². The molecule has 3 unspecified atom stereocenters. The number of nitrogens with zero attached hydrogens (tertiary/aromatic N) is 1. The topological polar surface area (TPSA) is 49.4 Å². The lowest BCUT2D eigenvalue weighted by molar-refractivity contribution is -0.147. The van der Waals surface area contributed by atoms with Crippen molar-refractivity contribution in [3.63, 3.8) is 0 Å². The first-order valence-electron chi connectivity index (χ1n) is 6.31. The Labute approximate surface area is 106 Å². The Balaban J connectivity index is 2.10. The summed E-state index contributed by atoms with van der Waals surface area (Å²) in [5.74, 6) is 2.40. The number of thioether (sulfide) groups is 1. The fourth-order valence-corrected chi connectivity index (χ4v) is 3.61. The van der Waals surface area contributed by atoms with Gasteiger partial charge in [-0.15, -0.1) is 0 Å². The highest BCUT2D eigenvalue weighted by Gasteiger charge is 2.39. The second kappa shape index (κ2) is 5.29. The zero-order chi connectivity index (χ0) is 12.4. The molecule has 0 spiro atoms. The van der Waals surface area contributed by atoms with E-state index in [1.807, 2.05) is 18.7 Å². The minimum Gasteiger partial charge on any atom is -0.342 e. The molecule has 0 aromatic carbocycles. The Kier molecular flexibility index (Phi) is 3.97. The summed E-state index contributed by atoms with van der Waals surface area (Å²) in [6, 6.07) is -0.0445. The van der Waals surface area contributed by atoms with Crippen LogP contribution in [0.5, 0.6) is 0 Å². The number of carbonyl (C=O) groups is 2. The molecule has 2 amide bonds. The van der Waals surface area contributed by atoms with Gasteiger partial charge in [-0.3, -0.25) is 9.59 Å². The molecule has 0 aromatic heterocycles. The van der Waals surface area contributed by atoms with E-state index in [9.17, 15) is 9.59 Å². The molecule has 0 saturated carbocycles.